The van der Waals surface area contributed by atoms with Gasteiger partial charge in [-0.25, -0.2) is 0 Å². The number of amides is 2. The van der Waals surface area contributed by atoms with Crippen LogP contribution in [0.2, 0.25) is 5.02 Å². The van der Waals surface area contributed by atoms with Crippen LogP contribution < -0.4 is 24.6 Å². The van der Waals surface area contributed by atoms with E-state index < -0.39 is 6.04 Å². The minimum atomic E-state index is -0.736. The van der Waals surface area contributed by atoms with E-state index in [1.165, 1.54) is 17.7 Å². The number of anilines is 3. The second-order valence-corrected chi connectivity index (χ2v) is 11.9. The highest BCUT2D eigenvalue weighted by Gasteiger charge is 2.44. The number of nitrogens with zero attached hydrogens (tertiary/aromatic N) is 4. The number of carbonyl (C=O) groups is 2. The van der Waals surface area contributed by atoms with Crippen LogP contribution >= 0.6 is 23.8 Å². The maximum Gasteiger partial charge on any atom is 0.256 e. The molecule has 9 nitrogen and oxygen atoms in total. The zero-order valence-electron chi connectivity index (χ0n) is 25.8. The Labute approximate surface area is 275 Å². The average molecular weight is 650 g/mol. The SMILES string of the molecule is CCCOc1ccc(NC(=O)C[C@@H]2C(=O)N(c3ccc(OC)c(Cl)c3)C(=S)N2CCCN2CCN(c3ccccc3)CC2)cc1. The van der Waals surface area contributed by atoms with Gasteiger partial charge in [0.2, 0.25) is 5.91 Å². The number of carbonyl (C=O) groups excluding carboxylic acids is 2. The zero-order chi connectivity index (χ0) is 31.8. The highest BCUT2D eigenvalue weighted by atomic mass is 35.5. The molecule has 11 heteroatoms. The maximum atomic E-state index is 13.9. The van der Waals surface area contributed by atoms with Crippen molar-refractivity contribution in [3.63, 3.8) is 0 Å². The van der Waals surface area contributed by atoms with Crippen molar-refractivity contribution >= 4 is 57.8 Å². The van der Waals surface area contributed by atoms with E-state index in [1.807, 2.05) is 30.0 Å². The number of methoxy groups -OCH3 is 1. The lowest BCUT2D eigenvalue weighted by Crippen LogP contribution is -2.47. The average Bonchev–Trinajstić information content (AvgIpc) is 3.28. The van der Waals surface area contributed by atoms with E-state index in [1.54, 1.807) is 30.3 Å². The number of hydrogen-bond donors (Lipinski definition) is 1. The molecule has 2 heterocycles. The lowest BCUT2D eigenvalue weighted by molar-refractivity contribution is -0.124. The zero-order valence-corrected chi connectivity index (χ0v) is 27.4. The van der Waals surface area contributed by atoms with E-state index in [0.717, 1.165) is 51.3 Å². The molecule has 0 unspecified atom stereocenters. The Morgan fingerprint density at radius 2 is 1.71 bits per heavy atom. The molecule has 3 aromatic carbocycles. The van der Waals surface area contributed by atoms with Gasteiger partial charge < -0.3 is 24.6 Å². The van der Waals surface area contributed by atoms with Gasteiger partial charge in [0.15, 0.2) is 5.11 Å². The van der Waals surface area contributed by atoms with E-state index in [9.17, 15) is 9.59 Å². The summed E-state index contributed by atoms with van der Waals surface area (Å²) in [5.74, 6) is 0.725. The quantitative estimate of drug-likeness (QED) is 0.237. The van der Waals surface area contributed by atoms with Crippen LogP contribution in [-0.2, 0) is 9.59 Å². The molecule has 0 aliphatic carbocycles. The molecule has 0 radical (unpaired) electrons. The normalized spacial score (nSPS) is 17.1. The molecule has 1 atom stereocenters. The molecule has 2 saturated heterocycles. The molecule has 0 spiro atoms. The van der Waals surface area contributed by atoms with Crippen molar-refractivity contribution in [1.29, 1.82) is 0 Å². The van der Waals surface area contributed by atoms with Crippen LogP contribution in [0.5, 0.6) is 11.5 Å². The Morgan fingerprint density at radius 1 is 0.978 bits per heavy atom. The van der Waals surface area contributed by atoms with E-state index in [0.29, 0.717) is 40.4 Å². The fourth-order valence-electron chi connectivity index (χ4n) is 5.69. The first kappa shape index (κ1) is 32.5. The van der Waals surface area contributed by atoms with Crippen LogP contribution in [0, 0.1) is 0 Å². The van der Waals surface area contributed by atoms with Gasteiger partial charge in [-0.15, -0.1) is 0 Å². The Morgan fingerprint density at radius 3 is 2.38 bits per heavy atom. The summed E-state index contributed by atoms with van der Waals surface area (Å²) in [5.41, 5.74) is 2.43. The first-order valence-corrected chi connectivity index (χ1v) is 16.2. The minimum absolute atomic E-state index is 0.0385. The third-order valence-corrected chi connectivity index (χ3v) is 8.78. The Balaban J connectivity index is 1.24. The largest absolute Gasteiger partial charge is 0.495 e. The van der Waals surface area contributed by atoms with Gasteiger partial charge in [-0.2, -0.15) is 0 Å². The predicted octanol–water partition coefficient (Wildman–Crippen LogP) is 5.68. The molecule has 2 fully saturated rings. The molecule has 3 aromatic rings. The Bertz CT molecular complexity index is 1470. The van der Waals surface area contributed by atoms with Crippen LogP contribution in [0.25, 0.3) is 0 Å². The Kier molecular flexibility index (Phi) is 11.2. The van der Waals surface area contributed by atoms with Crippen molar-refractivity contribution in [3.8, 4) is 11.5 Å². The van der Waals surface area contributed by atoms with Gasteiger partial charge in [0, 0.05) is 44.1 Å². The van der Waals surface area contributed by atoms with Crippen molar-refractivity contribution < 1.29 is 19.1 Å². The van der Waals surface area contributed by atoms with Gasteiger partial charge in [0.05, 0.1) is 30.8 Å². The number of nitrogens with one attached hydrogen (secondary N) is 1. The molecule has 2 aliphatic heterocycles. The van der Waals surface area contributed by atoms with Crippen LogP contribution in [0.1, 0.15) is 26.2 Å². The first-order valence-electron chi connectivity index (χ1n) is 15.4. The van der Waals surface area contributed by atoms with E-state index in [2.05, 4.69) is 39.4 Å². The van der Waals surface area contributed by atoms with Gasteiger partial charge in [-0.3, -0.25) is 19.4 Å². The molecule has 1 N–H and O–H groups in total. The fourth-order valence-corrected chi connectivity index (χ4v) is 6.36. The van der Waals surface area contributed by atoms with E-state index in [-0.39, 0.29) is 18.2 Å². The number of hydrogen-bond acceptors (Lipinski definition) is 7. The molecule has 2 aliphatic rings. The van der Waals surface area contributed by atoms with E-state index in [4.69, 9.17) is 33.3 Å². The Hall–Kier alpha value is -3.86. The summed E-state index contributed by atoms with van der Waals surface area (Å²) >= 11 is 12.3. The summed E-state index contributed by atoms with van der Waals surface area (Å²) in [6.45, 7) is 7.94. The monoisotopic (exact) mass is 649 g/mol. The van der Waals surface area contributed by atoms with E-state index >= 15 is 0 Å². The smallest absolute Gasteiger partial charge is 0.256 e. The molecule has 45 heavy (non-hydrogen) atoms. The molecule has 0 bridgehead atoms. The number of benzene rings is 3. The standard InChI is InChI=1S/C34H40ClN5O4S/c1-3-22-44-28-13-10-25(11-14-28)36-32(41)24-30-33(42)40(27-12-15-31(43-2)29(35)23-27)34(45)39(30)17-7-16-37-18-20-38(21-19-37)26-8-5-4-6-9-26/h4-6,8-15,23,30H,3,7,16-22,24H2,1-2H3,(H,36,41)/t30-/m1/s1. The summed E-state index contributed by atoms with van der Waals surface area (Å²) in [5, 5.41) is 3.67. The minimum Gasteiger partial charge on any atom is -0.495 e. The second kappa shape index (κ2) is 15.4. The fraction of sp³-hybridized carbons (Fsp3) is 0.382. The van der Waals surface area contributed by atoms with Gasteiger partial charge in [-0.05, 0) is 86.2 Å². The second-order valence-electron chi connectivity index (χ2n) is 11.1. The van der Waals surface area contributed by atoms with Crippen molar-refractivity contribution in [2.45, 2.75) is 32.2 Å². The highest BCUT2D eigenvalue weighted by molar-refractivity contribution is 7.80. The summed E-state index contributed by atoms with van der Waals surface area (Å²) in [6.07, 6.45) is 1.67. The third kappa shape index (κ3) is 8.06. The number of halogens is 1. The number of para-hydroxylation sites is 1. The number of thiocarbonyl (C=S) groups is 1. The van der Waals surface area contributed by atoms with Crippen LogP contribution in [0.15, 0.2) is 72.8 Å². The van der Waals surface area contributed by atoms with Crippen molar-refractivity contribution in [2.75, 3.05) is 68.1 Å². The lowest BCUT2D eigenvalue weighted by atomic mass is 10.1. The third-order valence-electron chi connectivity index (χ3n) is 8.07. The van der Waals surface area contributed by atoms with Crippen molar-refractivity contribution in [3.05, 3.63) is 77.8 Å². The number of ether oxygens (including phenoxy) is 2. The predicted molar refractivity (Wildman–Crippen MR) is 184 cm³/mol. The van der Waals surface area contributed by atoms with Crippen LogP contribution in [0.4, 0.5) is 17.1 Å². The van der Waals surface area contributed by atoms with Gasteiger partial charge in [0.1, 0.15) is 17.5 Å². The molecule has 5 rings (SSSR count). The summed E-state index contributed by atoms with van der Waals surface area (Å²) < 4.78 is 10.9. The highest BCUT2D eigenvalue weighted by Crippen LogP contribution is 2.33. The maximum absolute atomic E-state index is 13.9. The van der Waals surface area contributed by atoms with Gasteiger partial charge >= 0.3 is 0 Å². The number of rotatable bonds is 13. The molecular weight excluding hydrogens is 610 g/mol. The summed E-state index contributed by atoms with van der Waals surface area (Å²) in [4.78, 5) is 35.3. The van der Waals surface area contributed by atoms with Gasteiger partial charge in [-0.1, -0.05) is 36.7 Å². The van der Waals surface area contributed by atoms with Crippen molar-refractivity contribution in [2.24, 2.45) is 0 Å². The van der Waals surface area contributed by atoms with Gasteiger partial charge in [0.25, 0.3) is 5.91 Å². The van der Waals surface area contributed by atoms with Crippen molar-refractivity contribution in [1.82, 2.24) is 9.80 Å². The topological polar surface area (TPSA) is 77.6 Å². The molecule has 238 valence electrons. The summed E-state index contributed by atoms with van der Waals surface area (Å²) in [7, 11) is 1.54. The molecule has 0 aromatic heterocycles. The van der Waals surface area contributed by atoms with Crippen LogP contribution in [-0.4, -0.2) is 85.8 Å². The molecule has 2 amide bonds. The van der Waals surface area contributed by atoms with Crippen LogP contribution in [0.3, 0.4) is 0 Å². The lowest BCUT2D eigenvalue weighted by Gasteiger charge is -2.36. The molecule has 0 saturated carbocycles. The number of piperazine rings is 1. The first-order chi connectivity index (χ1) is 21.9. The summed E-state index contributed by atoms with van der Waals surface area (Å²) in [6, 6.07) is 22.1. The molecular formula is C34H40ClN5O4S.